The van der Waals surface area contributed by atoms with Crippen LogP contribution in [0.3, 0.4) is 0 Å². The second-order valence-electron chi connectivity index (χ2n) is 3.73. The number of hydrogen-bond donors (Lipinski definition) is 1. The highest BCUT2D eigenvalue weighted by Gasteiger charge is 2.12. The van der Waals surface area contributed by atoms with Crippen molar-refractivity contribution < 1.29 is 9.21 Å². The molecule has 0 unspecified atom stereocenters. The molecule has 2 rings (SSSR count). The van der Waals surface area contributed by atoms with E-state index in [1.54, 1.807) is 6.20 Å². The first kappa shape index (κ1) is 13.8. The molecule has 0 aliphatic heterocycles. The lowest BCUT2D eigenvalue weighted by atomic mass is 10.2. The van der Waals surface area contributed by atoms with E-state index in [0.717, 1.165) is 12.2 Å². The summed E-state index contributed by atoms with van der Waals surface area (Å²) in [5.41, 5.74) is 0.258. The van der Waals surface area contributed by atoms with Gasteiger partial charge < -0.3 is 9.73 Å². The predicted octanol–water partition coefficient (Wildman–Crippen LogP) is 2.87. The van der Waals surface area contributed by atoms with Gasteiger partial charge in [0.2, 0.25) is 5.89 Å². The van der Waals surface area contributed by atoms with Gasteiger partial charge in [-0.1, -0.05) is 30.1 Å². The van der Waals surface area contributed by atoms with Gasteiger partial charge in [-0.05, 0) is 12.1 Å². The van der Waals surface area contributed by atoms with Gasteiger partial charge in [-0.3, -0.25) is 4.79 Å². The SMILES string of the molecule is CCc1cnc(CNC(=O)c2ccc(Cl)nc2Cl)o1. The molecule has 1 amide bonds. The van der Waals surface area contributed by atoms with Crippen LogP contribution in [0, 0.1) is 0 Å². The number of hydrogen-bond acceptors (Lipinski definition) is 4. The summed E-state index contributed by atoms with van der Waals surface area (Å²) < 4.78 is 5.37. The molecule has 0 spiro atoms. The number of rotatable bonds is 4. The van der Waals surface area contributed by atoms with Crippen molar-refractivity contribution in [2.24, 2.45) is 0 Å². The number of oxazole rings is 1. The van der Waals surface area contributed by atoms with E-state index in [9.17, 15) is 4.79 Å². The Kier molecular flexibility index (Phi) is 4.39. The third-order valence-corrected chi connectivity index (χ3v) is 2.91. The van der Waals surface area contributed by atoms with Crippen molar-refractivity contribution in [3.63, 3.8) is 0 Å². The van der Waals surface area contributed by atoms with Gasteiger partial charge in [0.15, 0.2) is 0 Å². The molecule has 1 N–H and O–H groups in total. The number of pyridine rings is 1. The van der Waals surface area contributed by atoms with Gasteiger partial charge in [0.05, 0.1) is 18.3 Å². The molecule has 100 valence electrons. The summed E-state index contributed by atoms with van der Waals surface area (Å²) in [4.78, 5) is 19.7. The van der Waals surface area contributed by atoms with E-state index in [1.165, 1.54) is 12.1 Å². The molecule has 0 aliphatic carbocycles. The minimum absolute atomic E-state index is 0.0617. The molecular formula is C12H11Cl2N3O2. The van der Waals surface area contributed by atoms with Crippen LogP contribution in [0.15, 0.2) is 22.7 Å². The molecule has 2 aromatic heterocycles. The van der Waals surface area contributed by atoms with Gasteiger partial charge in [0, 0.05) is 6.42 Å². The second kappa shape index (κ2) is 6.04. The molecule has 0 fully saturated rings. The standard InChI is InChI=1S/C12H11Cl2N3O2/c1-2-7-5-15-10(19-7)6-16-12(18)8-3-4-9(13)17-11(8)14/h3-5H,2,6H2,1H3,(H,16,18). The van der Waals surface area contributed by atoms with Gasteiger partial charge in [-0.15, -0.1) is 0 Å². The Morgan fingerprint density at radius 1 is 1.42 bits per heavy atom. The predicted molar refractivity (Wildman–Crippen MR) is 71.3 cm³/mol. The van der Waals surface area contributed by atoms with Crippen molar-refractivity contribution in [1.82, 2.24) is 15.3 Å². The molecule has 2 aromatic rings. The molecule has 0 saturated carbocycles. The lowest BCUT2D eigenvalue weighted by Crippen LogP contribution is -2.23. The molecule has 0 atom stereocenters. The molecule has 0 bridgehead atoms. The maximum Gasteiger partial charge on any atom is 0.254 e. The smallest absolute Gasteiger partial charge is 0.254 e. The molecule has 0 radical (unpaired) electrons. The Hall–Kier alpha value is -1.59. The molecule has 19 heavy (non-hydrogen) atoms. The van der Waals surface area contributed by atoms with Gasteiger partial charge in [0.1, 0.15) is 16.1 Å². The topological polar surface area (TPSA) is 68.0 Å². The van der Waals surface area contributed by atoms with Crippen molar-refractivity contribution in [2.75, 3.05) is 0 Å². The van der Waals surface area contributed by atoms with E-state index in [1.807, 2.05) is 6.92 Å². The molecule has 2 heterocycles. The van der Waals surface area contributed by atoms with E-state index in [-0.39, 0.29) is 28.3 Å². The molecular weight excluding hydrogens is 289 g/mol. The lowest BCUT2D eigenvalue weighted by molar-refractivity contribution is 0.0947. The van der Waals surface area contributed by atoms with E-state index in [2.05, 4.69) is 15.3 Å². The molecule has 7 heteroatoms. The first-order chi connectivity index (χ1) is 9.10. The van der Waals surface area contributed by atoms with Gasteiger partial charge in [-0.2, -0.15) is 0 Å². The quantitative estimate of drug-likeness (QED) is 0.882. The Balaban J connectivity index is 2.01. The van der Waals surface area contributed by atoms with E-state index in [0.29, 0.717) is 5.89 Å². The Labute approximate surface area is 119 Å². The fraction of sp³-hybridized carbons (Fsp3) is 0.250. The number of nitrogens with zero attached hydrogens (tertiary/aromatic N) is 2. The molecule has 0 saturated heterocycles. The summed E-state index contributed by atoms with van der Waals surface area (Å²) in [6, 6.07) is 3.02. The number of carbonyl (C=O) groups excluding carboxylic acids is 1. The van der Waals surface area contributed by atoms with Crippen molar-refractivity contribution in [2.45, 2.75) is 19.9 Å². The average Bonchev–Trinajstić information content (AvgIpc) is 2.84. The van der Waals surface area contributed by atoms with Crippen molar-refractivity contribution in [3.05, 3.63) is 45.9 Å². The largest absolute Gasteiger partial charge is 0.444 e. The number of nitrogens with one attached hydrogen (secondary N) is 1. The first-order valence-electron chi connectivity index (χ1n) is 5.64. The highest BCUT2D eigenvalue weighted by Crippen LogP contribution is 2.16. The number of amides is 1. The first-order valence-corrected chi connectivity index (χ1v) is 6.39. The van der Waals surface area contributed by atoms with Crippen LogP contribution >= 0.6 is 23.2 Å². The number of aromatic nitrogens is 2. The molecule has 0 aliphatic rings. The summed E-state index contributed by atoms with van der Waals surface area (Å²) in [5, 5.41) is 2.95. The van der Waals surface area contributed by atoms with Crippen LogP contribution in [0.4, 0.5) is 0 Å². The number of aryl methyl sites for hydroxylation is 1. The normalized spacial score (nSPS) is 10.5. The van der Waals surface area contributed by atoms with Crippen LogP contribution < -0.4 is 5.32 Å². The van der Waals surface area contributed by atoms with E-state index in [4.69, 9.17) is 27.6 Å². The van der Waals surface area contributed by atoms with Crippen LogP contribution in [0.25, 0.3) is 0 Å². The summed E-state index contributed by atoms with van der Waals surface area (Å²) in [6.07, 6.45) is 2.40. The van der Waals surface area contributed by atoms with Crippen LogP contribution in [0.1, 0.15) is 28.9 Å². The minimum Gasteiger partial charge on any atom is -0.444 e. The summed E-state index contributed by atoms with van der Waals surface area (Å²) >= 11 is 11.5. The Morgan fingerprint density at radius 3 is 2.84 bits per heavy atom. The van der Waals surface area contributed by atoms with Crippen LogP contribution in [-0.4, -0.2) is 15.9 Å². The van der Waals surface area contributed by atoms with Crippen LogP contribution in [-0.2, 0) is 13.0 Å². The maximum absolute atomic E-state index is 11.9. The van der Waals surface area contributed by atoms with Crippen LogP contribution in [0.5, 0.6) is 0 Å². The summed E-state index contributed by atoms with van der Waals surface area (Å²) in [7, 11) is 0. The maximum atomic E-state index is 11.9. The van der Waals surface area contributed by atoms with Gasteiger partial charge in [-0.25, -0.2) is 9.97 Å². The number of halogens is 2. The van der Waals surface area contributed by atoms with Gasteiger partial charge >= 0.3 is 0 Å². The second-order valence-corrected chi connectivity index (χ2v) is 4.47. The molecule has 5 nitrogen and oxygen atoms in total. The zero-order valence-corrected chi connectivity index (χ0v) is 11.6. The highest BCUT2D eigenvalue weighted by molar-refractivity contribution is 6.34. The van der Waals surface area contributed by atoms with Crippen molar-refractivity contribution in [3.8, 4) is 0 Å². The van der Waals surface area contributed by atoms with Gasteiger partial charge in [0.25, 0.3) is 5.91 Å². The zero-order chi connectivity index (χ0) is 13.8. The minimum atomic E-state index is -0.356. The fourth-order valence-electron chi connectivity index (χ4n) is 1.43. The van der Waals surface area contributed by atoms with Crippen LogP contribution in [0.2, 0.25) is 10.3 Å². The number of carbonyl (C=O) groups is 1. The Bertz CT molecular complexity index is 598. The van der Waals surface area contributed by atoms with Crippen molar-refractivity contribution >= 4 is 29.1 Å². The van der Waals surface area contributed by atoms with Crippen molar-refractivity contribution in [1.29, 1.82) is 0 Å². The highest BCUT2D eigenvalue weighted by atomic mass is 35.5. The average molecular weight is 300 g/mol. The monoisotopic (exact) mass is 299 g/mol. The van der Waals surface area contributed by atoms with E-state index >= 15 is 0 Å². The third-order valence-electron chi connectivity index (χ3n) is 2.41. The lowest BCUT2D eigenvalue weighted by Gasteiger charge is -2.04. The fourth-order valence-corrected chi connectivity index (χ4v) is 1.86. The van der Waals surface area contributed by atoms with E-state index < -0.39 is 0 Å². The summed E-state index contributed by atoms with van der Waals surface area (Å²) in [5.74, 6) is 0.865. The third kappa shape index (κ3) is 3.45. The zero-order valence-electron chi connectivity index (χ0n) is 10.1. The molecule has 0 aromatic carbocycles. The Morgan fingerprint density at radius 2 is 2.21 bits per heavy atom. The summed E-state index contributed by atoms with van der Waals surface area (Å²) in [6.45, 7) is 2.15.